The van der Waals surface area contributed by atoms with Gasteiger partial charge in [0.15, 0.2) is 0 Å². The summed E-state index contributed by atoms with van der Waals surface area (Å²) in [5, 5.41) is 20.6. The monoisotopic (exact) mass is 226 g/mol. The van der Waals surface area contributed by atoms with Gasteiger partial charge in [-0.3, -0.25) is 0 Å². The first-order chi connectivity index (χ1) is 7.71. The van der Waals surface area contributed by atoms with E-state index >= 15 is 0 Å². The molecule has 1 aromatic rings. The fraction of sp³-hybridized carbons (Fsp3) is 0.400. The lowest BCUT2D eigenvalue weighted by Crippen LogP contribution is -2.27. The SMILES string of the molecule is COC(=O)c1cc(NC(CO)CO)ccn1. The van der Waals surface area contributed by atoms with E-state index in [4.69, 9.17) is 10.2 Å². The van der Waals surface area contributed by atoms with Gasteiger partial charge >= 0.3 is 5.97 Å². The molecule has 0 aliphatic heterocycles. The molecular formula is C10H14N2O4. The average molecular weight is 226 g/mol. The zero-order valence-electron chi connectivity index (χ0n) is 8.88. The molecule has 0 fully saturated rings. The summed E-state index contributed by atoms with van der Waals surface area (Å²) in [6, 6.07) is 2.66. The van der Waals surface area contributed by atoms with Crippen LogP contribution in [0, 0.1) is 0 Å². The number of hydrogen-bond donors (Lipinski definition) is 3. The number of aliphatic hydroxyl groups excluding tert-OH is 2. The molecule has 1 aromatic heterocycles. The van der Waals surface area contributed by atoms with Crippen LogP contribution in [0.25, 0.3) is 0 Å². The summed E-state index contributed by atoms with van der Waals surface area (Å²) in [6.07, 6.45) is 1.44. The zero-order chi connectivity index (χ0) is 12.0. The Morgan fingerprint density at radius 3 is 2.81 bits per heavy atom. The van der Waals surface area contributed by atoms with Crippen molar-refractivity contribution in [3.05, 3.63) is 24.0 Å². The van der Waals surface area contributed by atoms with Crippen LogP contribution in [-0.2, 0) is 4.74 Å². The second kappa shape index (κ2) is 6.04. The van der Waals surface area contributed by atoms with Crippen LogP contribution >= 0.6 is 0 Å². The maximum Gasteiger partial charge on any atom is 0.356 e. The van der Waals surface area contributed by atoms with E-state index in [-0.39, 0.29) is 18.9 Å². The highest BCUT2D eigenvalue weighted by atomic mass is 16.5. The molecule has 0 aliphatic rings. The number of aromatic nitrogens is 1. The number of esters is 1. The van der Waals surface area contributed by atoms with Crippen molar-refractivity contribution in [1.29, 1.82) is 0 Å². The molecule has 3 N–H and O–H groups in total. The topological polar surface area (TPSA) is 91.7 Å². The van der Waals surface area contributed by atoms with Crippen LogP contribution in [0.3, 0.4) is 0 Å². The van der Waals surface area contributed by atoms with Crippen molar-refractivity contribution in [1.82, 2.24) is 4.98 Å². The van der Waals surface area contributed by atoms with Crippen LogP contribution in [0.1, 0.15) is 10.5 Å². The van der Waals surface area contributed by atoms with Gasteiger partial charge in [-0.25, -0.2) is 9.78 Å². The molecule has 0 saturated carbocycles. The molecule has 1 rings (SSSR count). The Morgan fingerprint density at radius 2 is 2.25 bits per heavy atom. The van der Waals surface area contributed by atoms with Crippen molar-refractivity contribution in [3.8, 4) is 0 Å². The number of pyridine rings is 1. The van der Waals surface area contributed by atoms with E-state index in [1.807, 2.05) is 0 Å². The minimum absolute atomic E-state index is 0.169. The Morgan fingerprint density at radius 1 is 1.56 bits per heavy atom. The Hall–Kier alpha value is -1.66. The lowest BCUT2D eigenvalue weighted by atomic mass is 10.2. The summed E-state index contributed by atoms with van der Waals surface area (Å²) in [5.41, 5.74) is 0.755. The van der Waals surface area contributed by atoms with Gasteiger partial charge in [0.05, 0.1) is 26.4 Å². The van der Waals surface area contributed by atoms with E-state index in [1.54, 1.807) is 6.07 Å². The number of nitrogens with one attached hydrogen (secondary N) is 1. The van der Waals surface area contributed by atoms with Gasteiger partial charge in [-0.2, -0.15) is 0 Å². The third-order valence-electron chi connectivity index (χ3n) is 1.97. The minimum Gasteiger partial charge on any atom is -0.464 e. The Kier molecular flexibility index (Phi) is 4.68. The molecule has 6 heteroatoms. The smallest absolute Gasteiger partial charge is 0.356 e. The molecule has 0 bridgehead atoms. The van der Waals surface area contributed by atoms with Crippen molar-refractivity contribution in [2.24, 2.45) is 0 Å². The molecule has 0 amide bonds. The van der Waals surface area contributed by atoms with Gasteiger partial charge in [0.1, 0.15) is 5.69 Å². The van der Waals surface area contributed by atoms with Gasteiger partial charge in [-0.15, -0.1) is 0 Å². The first kappa shape index (κ1) is 12.4. The van der Waals surface area contributed by atoms with Crippen LogP contribution in [0.4, 0.5) is 5.69 Å². The average Bonchev–Trinajstić information content (AvgIpc) is 2.35. The lowest BCUT2D eigenvalue weighted by Gasteiger charge is -2.14. The number of carbonyl (C=O) groups excluding carboxylic acids is 1. The number of hydrogen-bond acceptors (Lipinski definition) is 6. The van der Waals surface area contributed by atoms with Gasteiger partial charge in [0, 0.05) is 11.9 Å². The molecule has 0 saturated heterocycles. The Bertz CT molecular complexity index is 352. The number of carbonyl (C=O) groups is 1. The molecule has 0 aliphatic carbocycles. The quantitative estimate of drug-likeness (QED) is 0.593. The van der Waals surface area contributed by atoms with Crippen molar-refractivity contribution >= 4 is 11.7 Å². The molecule has 0 radical (unpaired) electrons. The van der Waals surface area contributed by atoms with Crippen LogP contribution in [0.15, 0.2) is 18.3 Å². The van der Waals surface area contributed by atoms with Gasteiger partial charge in [-0.1, -0.05) is 0 Å². The molecular weight excluding hydrogens is 212 g/mol. The fourth-order valence-electron chi connectivity index (χ4n) is 1.12. The number of aliphatic hydroxyl groups is 2. The van der Waals surface area contributed by atoms with Crippen LogP contribution in [0.5, 0.6) is 0 Å². The maximum absolute atomic E-state index is 11.2. The summed E-state index contributed by atoms with van der Waals surface area (Å²) in [7, 11) is 1.27. The molecule has 0 aromatic carbocycles. The fourth-order valence-corrected chi connectivity index (χ4v) is 1.12. The summed E-state index contributed by atoms with van der Waals surface area (Å²) in [4.78, 5) is 15.0. The largest absolute Gasteiger partial charge is 0.464 e. The highest BCUT2D eigenvalue weighted by Gasteiger charge is 2.09. The third-order valence-corrected chi connectivity index (χ3v) is 1.97. The van der Waals surface area contributed by atoms with E-state index in [1.165, 1.54) is 19.4 Å². The molecule has 0 atom stereocenters. The highest BCUT2D eigenvalue weighted by molar-refractivity contribution is 5.88. The number of nitrogens with zero attached hydrogens (tertiary/aromatic N) is 1. The summed E-state index contributed by atoms with van der Waals surface area (Å²) in [5.74, 6) is -0.534. The van der Waals surface area contributed by atoms with Crippen LogP contribution in [0.2, 0.25) is 0 Å². The first-order valence-corrected chi connectivity index (χ1v) is 4.74. The zero-order valence-corrected chi connectivity index (χ0v) is 8.88. The van der Waals surface area contributed by atoms with Crippen molar-refractivity contribution in [3.63, 3.8) is 0 Å². The predicted molar refractivity (Wildman–Crippen MR) is 57.2 cm³/mol. The van der Waals surface area contributed by atoms with Gasteiger partial charge in [0.25, 0.3) is 0 Å². The van der Waals surface area contributed by atoms with E-state index in [0.717, 1.165) is 0 Å². The van der Waals surface area contributed by atoms with E-state index in [0.29, 0.717) is 5.69 Å². The lowest BCUT2D eigenvalue weighted by molar-refractivity contribution is 0.0594. The molecule has 88 valence electrons. The first-order valence-electron chi connectivity index (χ1n) is 4.74. The normalized spacial score (nSPS) is 10.2. The van der Waals surface area contributed by atoms with Gasteiger partial charge in [-0.05, 0) is 12.1 Å². The number of methoxy groups -OCH3 is 1. The Balaban J connectivity index is 2.78. The third kappa shape index (κ3) is 3.18. The summed E-state index contributed by atoms with van der Waals surface area (Å²) >= 11 is 0. The highest BCUT2D eigenvalue weighted by Crippen LogP contribution is 2.10. The van der Waals surface area contributed by atoms with Crippen LogP contribution in [-0.4, -0.2) is 47.5 Å². The predicted octanol–water partition coefficient (Wildman–Crippen LogP) is -0.367. The van der Waals surface area contributed by atoms with Crippen molar-refractivity contribution < 1.29 is 19.7 Å². The van der Waals surface area contributed by atoms with Gasteiger partial charge < -0.3 is 20.3 Å². The number of rotatable bonds is 5. The maximum atomic E-state index is 11.2. The van der Waals surface area contributed by atoms with Crippen molar-refractivity contribution in [2.75, 3.05) is 25.6 Å². The van der Waals surface area contributed by atoms with Gasteiger partial charge in [0.2, 0.25) is 0 Å². The second-order valence-corrected chi connectivity index (χ2v) is 3.13. The molecule has 6 nitrogen and oxygen atoms in total. The molecule has 16 heavy (non-hydrogen) atoms. The van der Waals surface area contributed by atoms with Crippen LogP contribution < -0.4 is 5.32 Å². The Labute approximate surface area is 92.9 Å². The summed E-state index contributed by atoms with van der Waals surface area (Å²) < 4.78 is 4.52. The summed E-state index contributed by atoms with van der Waals surface area (Å²) in [6.45, 7) is -0.404. The standard InChI is InChI=1S/C10H14N2O4/c1-16-10(15)9-4-7(2-3-11-9)12-8(5-13)6-14/h2-4,8,13-14H,5-6H2,1H3,(H,11,12). The van der Waals surface area contributed by atoms with Crippen molar-refractivity contribution in [2.45, 2.75) is 6.04 Å². The molecule has 0 spiro atoms. The minimum atomic E-state index is -0.534. The second-order valence-electron chi connectivity index (χ2n) is 3.13. The number of anilines is 1. The van der Waals surface area contributed by atoms with E-state index < -0.39 is 12.0 Å². The number of ether oxygens (including phenoxy) is 1. The van der Waals surface area contributed by atoms with E-state index in [2.05, 4.69) is 15.0 Å². The molecule has 1 heterocycles. The van der Waals surface area contributed by atoms with E-state index in [9.17, 15) is 4.79 Å². The molecule has 0 unspecified atom stereocenters.